The largest absolute Gasteiger partial charge is 0.494 e. The number of benzene rings is 1. The normalized spacial score (nSPS) is 23.7. The van der Waals surface area contributed by atoms with Crippen LogP contribution in [0.2, 0.25) is 0 Å². The fourth-order valence-corrected chi connectivity index (χ4v) is 2.39. The third-order valence-corrected chi connectivity index (χ3v) is 3.50. The molecule has 1 aromatic rings. The minimum Gasteiger partial charge on any atom is -0.494 e. The number of aliphatic hydroxyl groups excluding tert-OH is 1. The molecule has 1 aromatic carbocycles. The second-order valence-corrected chi connectivity index (χ2v) is 4.97. The van der Waals surface area contributed by atoms with Gasteiger partial charge in [-0.1, -0.05) is 18.2 Å². The van der Waals surface area contributed by atoms with Crippen LogP contribution in [0.4, 0.5) is 0 Å². The summed E-state index contributed by atoms with van der Waals surface area (Å²) in [7, 11) is 1.66. The molecule has 1 saturated heterocycles. The monoisotopic (exact) mass is 265 g/mol. The van der Waals surface area contributed by atoms with Gasteiger partial charge in [-0.15, -0.1) is 0 Å². The van der Waals surface area contributed by atoms with E-state index < -0.39 is 0 Å². The SMILES string of the molecule is CO[C@H]1CN(CCCCOc2ccccc2)C[C@@H]1O. The average molecular weight is 265 g/mol. The third kappa shape index (κ3) is 4.49. The smallest absolute Gasteiger partial charge is 0.119 e. The Morgan fingerprint density at radius 2 is 2.00 bits per heavy atom. The number of methoxy groups -OCH3 is 1. The zero-order valence-corrected chi connectivity index (χ0v) is 11.5. The number of rotatable bonds is 7. The molecule has 0 aromatic heterocycles. The first kappa shape index (κ1) is 14.3. The van der Waals surface area contributed by atoms with Gasteiger partial charge in [0.25, 0.3) is 0 Å². The Labute approximate surface area is 114 Å². The van der Waals surface area contributed by atoms with Crippen LogP contribution in [0, 0.1) is 0 Å². The maximum atomic E-state index is 9.72. The number of nitrogens with zero attached hydrogens (tertiary/aromatic N) is 1. The lowest BCUT2D eigenvalue weighted by Gasteiger charge is -2.14. The molecular formula is C15H23NO3. The quantitative estimate of drug-likeness (QED) is 0.759. The highest BCUT2D eigenvalue weighted by atomic mass is 16.5. The van der Waals surface area contributed by atoms with Gasteiger partial charge in [0.05, 0.1) is 18.8 Å². The first-order chi connectivity index (χ1) is 9.29. The molecule has 0 amide bonds. The number of hydrogen-bond donors (Lipinski definition) is 1. The number of para-hydroxylation sites is 1. The molecule has 0 aliphatic carbocycles. The Kier molecular flexibility index (Phi) is 5.63. The Bertz CT molecular complexity index is 358. The fraction of sp³-hybridized carbons (Fsp3) is 0.600. The lowest BCUT2D eigenvalue weighted by Crippen LogP contribution is -2.25. The second-order valence-electron chi connectivity index (χ2n) is 4.97. The lowest BCUT2D eigenvalue weighted by molar-refractivity contribution is 0.0215. The molecule has 0 bridgehead atoms. The lowest BCUT2D eigenvalue weighted by atomic mass is 10.3. The summed E-state index contributed by atoms with van der Waals surface area (Å²) in [6, 6.07) is 9.88. The standard InChI is InChI=1S/C15H23NO3/c1-18-15-12-16(11-14(15)17)9-5-6-10-19-13-7-3-2-4-8-13/h2-4,7-8,14-15,17H,5-6,9-12H2,1H3/t14-,15-/m0/s1. The van der Waals surface area contributed by atoms with Gasteiger partial charge in [-0.25, -0.2) is 0 Å². The highest BCUT2D eigenvalue weighted by Gasteiger charge is 2.30. The number of hydrogen-bond acceptors (Lipinski definition) is 4. The van der Waals surface area contributed by atoms with Gasteiger partial charge >= 0.3 is 0 Å². The summed E-state index contributed by atoms with van der Waals surface area (Å²) < 4.78 is 10.9. The van der Waals surface area contributed by atoms with Gasteiger partial charge in [0.2, 0.25) is 0 Å². The van der Waals surface area contributed by atoms with E-state index in [-0.39, 0.29) is 12.2 Å². The van der Waals surface area contributed by atoms with Crippen molar-refractivity contribution in [3.63, 3.8) is 0 Å². The van der Waals surface area contributed by atoms with E-state index in [2.05, 4.69) is 4.90 Å². The van der Waals surface area contributed by atoms with E-state index >= 15 is 0 Å². The van der Waals surface area contributed by atoms with E-state index in [1.165, 1.54) is 0 Å². The predicted molar refractivity (Wildman–Crippen MR) is 74.4 cm³/mol. The van der Waals surface area contributed by atoms with Gasteiger partial charge in [0, 0.05) is 20.2 Å². The van der Waals surface area contributed by atoms with Crippen LogP contribution in [0.15, 0.2) is 30.3 Å². The molecule has 1 aliphatic heterocycles. The zero-order valence-electron chi connectivity index (χ0n) is 11.5. The van der Waals surface area contributed by atoms with Crippen molar-refractivity contribution in [3.8, 4) is 5.75 Å². The van der Waals surface area contributed by atoms with Gasteiger partial charge in [-0.3, -0.25) is 4.90 Å². The summed E-state index contributed by atoms with van der Waals surface area (Å²) in [4.78, 5) is 2.25. The maximum Gasteiger partial charge on any atom is 0.119 e. The van der Waals surface area contributed by atoms with Crippen molar-refractivity contribution in [1.29, 1.82) is 0 Å². The van der Waals surface area contributed by atoms with E-state index in [0.29, 0.717) is 0 Å². The summed E-state index contributed by atoms with van der Waals surface area (Å²) in [6.45, 7) is 3.29. The zero-order chi connectivity index (χ0) is 13.5. The fourth-order valence-electron chi connectivity index (χ4n) is 2.39. The Morgan fingerprint density at radius 3 is 2.68 bits per heavy atom. The second kappa shape index (κ2) is 7.48. The molecule has 1 aliphatic rings. The van der Waals surface area contributed by atoms with E-state index in [1.54, 1.807) is 7.11 Å². The van der Waals surface area contributed by atoms with Crippen LogP contribution in [0.1, 0.15) is 12.8 Å². The molecule has 0 saturated carbocycles. The summed E-state index contributed by atoms with van der Waals surface area (Å²) in [6.07, 6.45) is 1.74. The van der Waals surface area contributed by atoms with Crippen LogP contribution in [-0.2, 0) is 4.74 Å². The maximum absolute atomic E-state index is 9.72. The minimum atomic E-state index is -0.342. The summed E-state index contributed by atoms with van der Waals surface area (Å²) >= 11 is 0. The number of β-amino-alcohol motifs (C(OH)–C–C–N with tert-alkyl or cyclic N) is 1. The number of unbranched alkanes of at least 4 members (excludes halogenated alkanes) is 1. The highest BCUT2D eigenvalue weighted by molar-refractivity contribution is 5.20. The van der Waals surface area contributed by atoms with Crippen molar-refractivity contribution in [2.75, 3.05) is 33.4 Å². The summed E-state index contributed by atoms with van der Waals surface area (Å²) in [5.41, 5.74) is 0. The molecule has 106 valence electrons. The van der Waals surface area contributed by atoms with Gasteiger partial charge < -0.3 is 14.6 Å². The average Bonchev–Trinajstić information content (AvgIpc) is 2.80. The topological polar surface area (TPSA) is 41.9 Å². The highest BCUT2D eigenvalue weighted by Crippen LogP contribution is 2.14. The number of likely N-dealkylation sites (tertiary alicyclic amines) is 1. The minimum absolute atomic E-state index is 0.0273. The Balaban J connectivity index is 1.55. The molecule has 4 heteroatoms. The first-order valence-electron chi connectivity index (χ1n) is 6.90. The first-order valence-corrected chi connectivity index (χ1v) is 6.90. The summed E-state index contributed by atoms with van der Waals surface area (Å²) in [5, 5.41) is 9.72. The van der Waals surface area contributed by atoms with E-state index in [4.69, 9.17) is 9.47 Å². The van der Waals surface area contributed by atoms with Crippen LogP contribution in [0.25, 0.3) is 0 Å². The number of ether oxygens (including phenoxy) is 2. The third-order valence-electron chi connectivity index (χ3n) is 3.50. The Hall–Kier alpha value is -1.10. The van der Waals surface area contributed by atoms with Crippen molar-refractivity contribution >= 4 is 0 Å². The summed E-state index contributed by atoms with van der Waals surface area (Å²) in [5.74, 6) is 0.929. The van der Waals surface area contributed by atoms with E-state index in [1.807, 2.05) is 30.3 Å². The molecule has 2 atom stereocenters. The molecule has 0 spiro atoms. The van der Waals surface area contributed by atoms with Gasteiger partial charge in [-0.05, 0) is 31.5 Å². The predicted octanol–water partition coefficient (Wildman–Crippen LogP) is 1.54. The van der Waals surface area contributed by atoms with Gasteiger partial charge in [0.15, 0.2) is 0 Å². The molecule has 19 heavy (non-hydrogen) atoms. The molecule has 0 radical (unpaired) electrons. The van der Waals surface area contributed by atoms with Gasteiger partial charge in [-0.2, -0.15) is 0 Å². The molecule has 4 nitrogen and oxygen atoms in total. The van der Waals surface area contributed by atoms with Crippen LogP contribution in [0.5, 0.6) is 5.75 Å². The van der Waals surface area contributed by atoms with Crippen LogP contribution in [0.3, 0.4) is 0 Å². The molecule has 1 N–H and O–H groups in total. The van der Waals surface area contributed by atoms with Gasteiger partial charge in [0.1, 0.15) is 5.75 Å². The van der Waals surface area contributed by atoms with E-state index in [9.17, 15) is 5.11 Å². The van der Waals surface area contributed by atoms with Crippen LogP contribution >= 0.6 is 0 Å². The van der Waals surface area contributed by atoms with Crippen molar-refractivity contribution < 1.29 is 14.6 Å². The van der Waals surface area contributed by atoms with Crippen LogP contribution < -0.4 is 4.74 Å². The Morgan fingerprint density at radius 1 is 1.21 bits per heavy atom. The van der Waals surface area contributed by atoms with Crippen molar-refractivity contribution in [3.05, 3.63) is 30.3 Å². The van der Waals surface area contributed by atoms with Crippen molar-refractivity contribution in [1.82, 2.24) is 4.90 Å². The molecule has 1 fully saturated rings. The molecular weight excluding hydrogens is 242 g/mol. The van der Waals surface area contributed by atoms with Crippen molar-refractivity contribution in [2.24, 2.45) is 0 Å². The molecule has 2 rings (SSSR count). The van der Waals surface area contributed by atoms with E-state index in [0.717, 1.165) is 44.8 Å². The molecule has 1 heterocycles. The van der Waals surface area contributed by atoms with Crippen LogP contribution in [-0.4, -0.2) is 55.6 Å². The van der Waals surface area contributed by atoms with Crippen molar-refractivity contribution in [2.45, 2.75) is 25.0 Å². The molecule has 0 unspecified atom stereocenters. The number of aliphatic hydroxyl groups is 1.